The minimum atomic E-state index is -0.465. The number of aromatic nitrogens is 2. The fourth-order valence-electron chi connectivity index (χ4n) is 3.52. The Bertz CT molecular complexity index is 1170. The number of ether oxygens (including phenoxy) is 2. The summed E-state index contributed by atoms with van der Waals surface area (Å²) in [6.45, 7) is 4.64. The molecule has 1 aliphatic heterocycles. The van der Waals surface area contributed by atoms with Crippen LogP contribution in [-0.2, 0) is 22.6 Å². The molecule has 1 aromatic carbocycles. The van der Waals surface area contributed by atoms with E-state index in [4.69, 9.17) is 20.2 Å². The third-order valence-corrected chi connectivity index (χ3v) is 7.46. The Morgan fingerprint density at radius 1 is 1.40 bits per heavy atom. The molecule has 0 saturated heterocycles. The molecule has 3 aromatic rings. The van der Waals surface area contributed by atoms with E-state index in [2.05, 4.69) is 13.8 Å². The van der Waals surface area contributed by atoms with Gasteiger partial charge in [0.05, 0.1) is 36.1 Å². The molecule has 7 nitrogen and oxygen atoms in total. The van der Waals surface area contributed by atoms with Crippen LogP contribution < -0.4 is 16.0 Å². The second-order valence-electron chi connectivity index (χ2n) is 7.44. The SMILES string of the molecule is CC[C@]1(C)Cc2c(sc3nc(SCC(N)=O)n(-c4ccc(OC)cc4)c(=O)c23)CO1. The van der Waals surface area contributed by atoms with Gasteiger partial charge in [-0.1, -0.05) is 18.7 Å². The molecule has 0 spiro atoms. The molecule has 2 N–H and O–H groups in total. The van der Waals surface area contributed by atoms with Crippen LogP contribution in [0.4, 0.5) is 0 Å². The zero-order chi connectivity index (χ0) is 21.5. The van der Waals surface area contributed by atoms with Crippen LogP contribution in [0.3, 0.4) is 0 Å². The topological polar surface area (TPSA) is 96.4 Å². The highest BCUT2D eigenvalue weighted by molar-refractivity contribution is 7.99. The largest absolute Gasteiger partial charge is 0.497 e. The number of amides is 1. The lowest BCUT2D eigenvalue weighted by Crippen LogP contribution is -2.34. The predicted octanol–water partition coefficient (Wildman–Crippen LogP) is 3.27. The number of fused-ring (bicyclic) bond motifs is 3. The third kappa shape index (κ3) is 3.73. The number of hydrogen-bond acceptors (Lipinski definition) is 7. The van der Waals surface area contributed by atoms with Gasteiger partial charge in [-0.25, -0.2) is 4.98 Å². The van der Waals surface area contributed by atoms with E-state index in [9.17, 15) is 9.59 Å². The summed E-state index contributed by atoms with van der Waals surface area (Å²) in [5.41, 5.74) is 6.58. The van der Waals surface area contributed by atoms with Gasteiger partial charge in [-0.05, 0) is 43.2 Å². The number of benzene rings is 1. The lowest BCUT2D eigenvalue weighted by Gasteiger charge is -2.32. The number of carbonyl (C=O) groups is 1. The van der Waals surface area contributed by atoms with Gasteiger partial charge < -0.3 is 15.2 Å². The number of primary amides is 1. The Labute approximate surface area is 182 Å². The van der Waals surface area contributed by atoms with Gasteiger partial charge in [-0.3, -0.25) is 14.2 Å². The van der Waals surface area contributed by atoms with Gasteiger partial charge >= 0.3 is 0 Å². The van der Waals surface area contributed by atoms with Gasteiger partial charge in [0.2, 0.25) is 5.91 Å². The molecule has 0 bridgehead atoms. The van der Waals surface area contributed by atoms with E-state index in [1.165, 1.54) is 11.3 Å². The fourth-order valence-corrected chi connectivity index (χ4v) is 5.42. The van der Waals surface area contributed by atoms with Gasteiger partial charge in [0.25, 0.3) is 5.56 Å². The number of thiophene rings is 1. The Kier molecular flexibility index (Phi) is 5.61. The molecule has 3 heterocycles. The van der Waals surface area contributed by atoms with Crippen LogP contribution in [0.15, 0.2) is 34.2 Å². The first-order valence-corrected chi connectivity index (χ1v) is 11.4. The smallest absolute Gasteiger partial charge is 0.267 e. The van der Waals surface area contributed by atoms with Gasteiger partial charge in [0, 0.05) is 11.3 Å². The second kappa shape index (κ2) is 8.05. The molecule has 1 amide bonds. The number of nitrogens with zero attached hydrogens (tertiary/aromatic N) is 2. The summed E-state index contributed by atoms with van der Waals surface area (Å²) in [6, 6.07) is 7.19. The number of nitrogens with two attached hydrogens (primary N) is 1. The van der Waals surface area contributed by atoms with E-state index < -0.39 is 5.91 Å². The quantitative estimate of drug-likeness (QED) is 0.462. The van der Waals surface area contributed by atoms with Crippen molar-refractivity contribution in [3.63, 3.8) is 0 Å². The molecule has 0 aliphatic carbocycles. The van der Waals surface area contributed by atoms with Gasteiger partial charge in [0.15, 0.2) is 5.16 Å². The van der Waals surface area contributed by atoms with Crippen molar-refractivity contribution in [2.45, 2.75) is 44.1 Å². The minimum Gasteiger partial charge on any atom is -0.497 e. The molecule has 1 aliphatic rings. The maximum absolute atomic E-state index is 13.7. The van der Waals surface area contributed by atoms with Crippen molar-refractivity contribution < 1.29 is 14.3 Å². The van der Waals surface area contributed by atoms with E-state index in [1.54, 1.807) is 35.9 Å². The van der Waals surface area contributed by atoms with Crippen molar-refractivity contribution in [2.24, 2.45) is 5.73 Å². The molecule has 4 rings (SSSR count). The van der Waals surface area contributed by atoms with Crippen LogP contribution in [0.1, 0.15) is 30.7 Å². The van der Waals surface area contributed by atoms with Crippen molar-refractivity contribution in [2.75, 3.05) is 12.9 Å². The maximum atomic E-state index is 13.7. The minimum absolute atomic E-state index is 0.0379. The van der Waals surface area contributed by atoms with Crippen LogP contribution >= 0.6 is 23.1 Å². The van der Waals surface area contributed by atoms with Gasteiger partial charge in [0.1, 0.15) is 10.6 Å². The zero-order valence-corrected chi connectivity index (χ0v) is 18.7. The summed E-state index contributed by atoms with van der Waals surface area (Å²) in [4.78, 5) is 31.5. The normalized spacial score (nSPS) is 18.4. The fraction of sp³-hybridized carbons (Fsp3) is 0.381. The average molecular weight is 446 g/mol. The number of rotatable bonds is 6. The van der Waals surface area contributed by atoms with Crippen molar-refractivity contribution in [1.29, 1.82) is 0 Å². The number of hydrogen-bond donors (Lipinski definition) is 1. The summed E-state index contributed by atoms with van der Waals surface area (Å²) in [6.07, 6.45) is 1.53. The van der Waals surface area contributed by atoms with Crippen molar-refractivity contribution >= 4 is 39.2 Å². The first-order chi connectivity index (χ1) is 14.3. The molecular weight excluding hydrogens is 422 g/mol. The monoisotopic (exact) mass is 445 g/mol. The van der Waals surface area contributed by atoms with Crippen molar-refractivity contribution in [1.82, 2.24) is 9.55 Å². The number of thioether (sulfide) groups is 1. The summed E-state index contributed by atoms with van der Waals surface area (Å²) in [5, 5.41) is 1.08. The summed E-state index contributed by atoms with van der Waals surface area (Å²) in [5.74, 6) is 0.264. The van der Waals surface area contributed by atoms with Crippen LogP contribution in [0.25, 0.3) is 15.9 Å². The van der Waals surface area contributed by atoms with Crippen LogP contribution in [0.5, 0.6) is 5.75 Å². The molecule has 0 saturated carbocycles. The number of methoxy groups -OCH3 is 1. The molecule has 0 radical (unpaired) electrons. The van der Waals surface area contributed by atoms with E-state index in [-0.39, 0.29) is 16.9 Å². The standard InChI is InChI=1S/C21H23N3O4S2/c1-4-21(2)9-14-15(10-28-21)30-18-17(14)19(26)24(20(23-18)29-11-16(22)25)12-5-7-13(27-3)8-6-12/h5-8H,4,9-11H2,1-3H3,(H2,22,25)/t21-/m1/s1. The molecular formula is C21H23N3O4S2. The molecule has 9 heteroatoms. The summed E-state index contributed by atoms with van der Waals surface area (Å²) >= 11 is 2.65. The van der Waals surface area contributed by atoms with E-state index >= 15 is 0 Å². The molecule has 158 valence electrons. The van der Waals surface area contributed by atoms with Gasteiger partial charge in [-0.2, -0.15) is 0 Å². The lowest BCUT2D eigenvalue weighted by atomic mass is 9.90. The first-order valence-electron chi connectivity index (χ1n) is 9.62. The van der Waals surface area contributed by atoms with Crippen LogP contribution in [0, 0.1) is 0 Å². The first kappa shape index (κ1) is 20.9. The average Bonchev–Trinajstić information content (AvgIpc) is 3.10. The molecule has 0 fully saturated rings. The molecule has 2 aromatic heterocycles. The van der Waals surface area contributed by atoms with Gasteiger partial charge in [-0.15, -0.1) is 11.3 Å². The Morgan fingerprint density at radius 3 is 2.77 bits per heavy atom. The van der Waals surface area contributed by atoms with Crippen LogP contribution in [0.2, 0.25) is 0 Å². The number of carbonyl (C=O) groups excluding carboxylic acids is 1. The predicted molar refractivity (Wildman–Crippen MR) is 119 cm³/mol. The Morgan fingerprint density at radius 2 is 2.13 bits per heavy atom. The van der Waals surface area contributed by atoms with Crippen molar-refractivity contribution in [3.8, 4) is 11.4 Å². The molecule has 0 unspecified atom stereocenters. The van der Waals surface area contributed by atoms with Crippen LogP contribution in [-0.4, -0.2) is 33.9 Å². The summed E-state index contributed by atoms with van der Waals surface area (Å²) in [7, 11) is 1.59. The highest BCUT2D eigenvalue weighted by atomic mass is 32.2. The Hall–Kier alpha value is -2.36. The zero-order valence-electron chi connectivity index (χ0n) is 17.1. The highest BCUT2D eigenvalue weighted by Crippen LogP contribution is 2.39. The van der Waals surface area contributed by atoms with E-state index in [0.717, 1.165) is 28.6 Å². The Balaban J connectivity index is 1.93. The maximum Gasteiger partial charge on any atom is 0.267 e. The lowest BCUT2D eigenvalue weighted by molar-refractivity contribution is -0.115. The molecule has 1 atom stereocenters. The highest BCUT2D eigenvalue weighted by Gasteiger charge is 2.33. The van der Waals surface area contributed by atoms with E-state index in [1.807, 2.05) is 0 Å². The van der Waals surface area contributed by atoms with E-state index in [0.29, 0.717) is 39.8 Å². The van der Waals surface area contributed by atoms with Crippen molar-refractivity contribution in [3.05, 3.63) is 45.1 Å². The third-order valence-electron chi connectivity index (χ3n) is 5.40. The summed E-state index contributed by atoms with van der Waals surface area (Å²) < 4.78 is 12.8. The second-order valence-corrected chi connectivity index (χ2v) is 9.47. The molecule has 30 heavy (non-hydrogen) atoms.